The van der Waals surface area contributed by atoms with Gasteiger partial charge in [0.1, 0.15) is 0 Å². The molecule has 0 radical (unpaired) electrons. The number of anilines is 1. The van der Waals surface area contributed by atoms with Crippen LogP contribution in [0.4, 0.5) is 5.69 Å². The van der Waals surface area contributed by atoms with E-state index in [1.165, 1.54) is 0 Å². The predicted octanol–water partition coefficient (Wildman–Crippen LogP) is 4.90. The van der Waals surface area contributed by atoms with Gasteiger partial charge in [0.05, 0.1) is 10.9 Å². The molecule has 0 amide bonds. The van der Waals surface area contributed by atoms with Crippen molar-refractivity contribution >= 4 is 39.2 Å². The molecule has 5 heteroatoms. The molecule has 0 heterocycles. The number of carboxylic acid groups (broad SMARTS) is 1. The molecule has 2 aromatic rings. The number of hydrogen-bond donors (Lipinski definition) is 2. The molecule has 0 bridgehead atoms. The number of nitrogens with one attached hydrogen (secondary N) is 1. The minimum absolute atomic E-state index is 0.487. The van der Waals surface area contributed by atoms with Crippen LogP contribution < -0.4 is 5.32 Å². The van der Waals surface area contributed by atoms with E-state index >= 15 is 0 Å². The van der Waals surface area contributed by atoms with Crippen molar-refractivity contribution in [2.24, 2.45) is 0 Å². The SMILES string of the molecule is CC(C(=O)O)c1ccc(CNc2ccc(Cl)c(Br)c2)cc1. The minimum Gasteiger partial charge on any atom is -0.481 e. The zero-order valence-electron chi connectivity index (χ0n) is 11.4. The summed E-state index contributed by atoms with van der Waals surface area (Å²) in [7, 11) is 0. The van der Waals surface area contributed by atoms with Gasteiger partial charge in [-0.3, -0.25) is 4.79 Å². The number of benzene rings is 2. The molecular weight excluding hydrogens is 354 g/mol. The Morgan fingerprint density at radius 3 is 2.52 bits per heavy atom. The van der Waals surface area contributed by atoms with E-state index in [2.05, 4.69) is 21.2 Å². The lowest BCUT2D eigenvalue weighted by Gasteiger charge is -2.10. The molecule has 3 nitrogen and oxygen atoms in total. The van der Waals surface area contributed by atoms with Gasteiger partial charge in [0.2, 0.25) is 0 Å². The second kappa shape index (κ2) is 6.96. The van der Waals surface area contributed by atoms with Gasteiger partial charge in [0.25, 0.3) is 0 Å². The third-order valence-electron chi connectivity index (χ3n) is 3.27. The van der Waals surface area contributed by atoms with Crippen molar-refractivity contribution < 1.29 is 9.90 Å². The third kappa shape index (κ3) is 4.22. The number of aliphatic carboxylic acids is 1. The fraction of sp³-hybridized carbons (Fsp3) is 0.188. The van der Waals surface area contributed by atoms with Crippen LogP contribution in [0, 0.1) is 0 Å². The molecule has 0 aliphatic heterocycles. The summed E-state index contributed by atoms with van der Waals surface area (Å²) in [5, 5.41) is 12.9. The number of rotatable bonds is 5. The van der Waals surface area contributed by atoms with Crippen molar-refractivity contribution in [2.75, 3.05) is 5.32 Å². The van der Waals surface area contributed by atoms with Gasteiger partial charge in [0, 0.05) is 16.7 Å². The maximum absolute atomic E-state index is 10.9. The van der Waals surface area contributed by atoms with Crippen molar-refractivity contribution in [2.45, 2.75) is 19.4 Å². The van der Waals surface area contributed by atoms with Crippen molar-refractivity contribution in [3.8, 4) is 0 Å². The Morgan fingerprint density at radius 2 is 1.95 bits per heavy atom. The highest BCUT2D eigenvalue weighted by molar-refractivity contribution is 9.10. The van der Waals surface area contributed by atoms with E-state index in [9.17, 15) is 4.79 Å². The first-order valence-corrected chi connectivity index (χ1v) is 7.65. The lowest BCUT2D eigenvalue weighted by molar-refractivity contribution is -0.138. The van der Waals surface area contributed by atoms with Gasteiger partial charge in [-0.25, -0.2) is 0 Å². The molecule has 0 saturated heterocycles. The number of carboxylic acids is 1. The lowest BCUT2D eigenvalue weighted by atomic mass is 10.00. The molecular formula is C16H15BrClNO2. The van der Waals surface area contributed by atoms with Crippen molar-refractivity contribution in [3.05, 3.63) is 63.1 Å². The zero-order valence-corrected chi connectivity index (χ0v) is 13.8. The van der Waals surface area contributed by atoms with Crippen molar-refractivity contribution in [1.82, 2.24) is 0 Å². The topological polar surface area (TPSA) is 49.3 Å². The summed E-state index contributed by atoms with van der Waals surface area (Å²) >= 11 is 9.33. The number of halogens is 2. The monoisotopic (exact) mass is 367 g/mol. The standard InChI is InChI=1S/C16H15BrClNO2/c1-10(16(20)21)12-4-2-11(3-5-12)9-19-13-6-7-15(18)14(17)8-13/h2-8,10,19H,9H2,1H3,(H,20,21). The second-order valence-corrected chi connectivity index (χ2v) is 6.05. The normalized spacial score (nSPS) is 12.0. The molecule has 0 saturated carbocycles. The van der Waals surface area contributed by atoms with E-state index < -0.39 is 11.9 Å². The molecule has 110 valence electrons. The molecule has 0 aliphatic carbocycles. The van der Waals surface area contributed by atoms with Crippen LogP contribution in [0.25, 0.3) is 0 Å². The quantitative estimate of drug-likeness (QED) is 0.789. The fourth-order valence-corrected chi connectivity index (χ4v) is 2.37. The van der Waals surface area contributed by atoms with Crippen molar-refractivity contribution in [1.29, 1.82) is 0 Å². The minimum atomic E-state index is -0.813. The van der Waals surface area contributed by atoms with Crippen LogP contribution in [0.15, 0.2) is 46.9 Å². The van der Waals surface area contributed by atoms with E-state index in [0.29, 0.717) is 11.6 Å². The molecule has 21 heavy (non-hydrogen) atoms. The molecule has 2 rings (SSSR count). The maximum Gasteiger partial charge on any atom is 0.310 e. The smallest absolute Gasteiger partial charge is 0.310 e. The second-order valence-electron chi connectivity index (χ2n) is 4.78. The summed E-state index contributed by atoms with van der Waals surface area (Å²) in [4.78, 5) is 10.9. The van der Waals surface area contributed by atoms with Crippen LogP contribution in [0.2, 0.25) is 5.02 Å². The van der Waals surface area contributed by atoms with Crippen LogP contribution in [0.1, 0.15) is 24.0 Å². The molecule has 0 fully saturated rings. The first-order valence-electron chi connectivity index (χ1n) is 6.48. The average molecular weight is 369 g/mol. The van der Waals surface area contributed by atoms with E-state index in [0.717, 1.165) is 21.3 Å². The van der Waals surface area contributed by atoms with E-state index in [1.54, 1.807) is 6.92 Å². The maximum atomic E-state index is 10.9. The largest absolute Gasteiger partial charge is 0.481 e. The van der Waals surface area contributed by atoms with Crippen LogP contribution in [-0.2, 0) is 11.3 Å². The average Bonchev–Trinajstić information content (AvgIpc) is 2.48. The Bertz CT molecular complexity index is 643. The Balaban J connectivity index is 2.00. The molecule has 2 aromatic carbocycles. The Morgan fingerprint density at radius 1 is 1.29 bits per heavy atom. The van der Waals surface area contributed by atoms with Gasteiger partial charge in [-0.05, 0) is 52.2 Å². The molecule has 0 aliphatic rings. The van der Waals surface area contributed by atoms with Gasteiger partial charge in [-0.1, -0.05) is 35.9 Å². The highest BCUT2D eigenvalue weighted by Crippen LogP contribution is 2.26. The van der Waals surface area contributed by atoms with Crippen LogP contribution in [0.3, 0.4) is 0 Å². The van der Waals surface area contributed by atoms with Gasteiger partial charge >= 0.3 is 5.97 Å². The summed E-state index contributed by atoms with van der Waals surface area (Å²) in [6.45, 7) is 2.34. The Labute approximate surface area is 137 Å². The van der Waals surface area contributed by atoms with Gasteiger partial charge in [0.15, 0.2) is 0 Å². The summed E-state index contributed by atoms with van der Waals surface area (Å²) in [5.41, 5.74) is 2.86. The third-order valence-corrected chi connectivity index (χ3v) is 4.48. The van der Waals surface area contributed by atoms with E-state index in [-0.39, 0.29) is 0 Å². The van der Waals surface area contributed by atoms with Crippen LogP contribution in [0.5, 0.6) is 0 Å². The van der Waals surface area contributed by atoms with Crippen molar-refractivity contribution in [3.63, 3.8) is 0 Å². The van der Waals surface area contributed by atoms with E-state index in [4.69, 9.17) is 16.7 Å². The van der Waals surface area contributed by atoms with Gasteiger partial charge < -0.3 is 10.4 Å². The molecule has 2 N–H and O–H groups in total. The highest BCUT2D eigenvalue weighted by Gasteiger charge is 2.12. The summed E-state index contributed by atoms with van der Waals surface area (Å²) < 4.78 is 0.847. The first kappa shape index (κ1) is 15.9. The zero-order chi connectivity index (χ0) is 15.4. The summed E-state index contributed by atoms with van der Waals surface area (Å²) in [6, 6.07) is 13.2. The van der Waals surface area contributed by atoms with Crippen LogP contribution >= 0.6 is 27.5 Å². The van der Waals surface area contributed by atoms with E-state index in [1.807, 2.05) is 42.5 Å². The lowest BCUT2D eigenvalue weighted by Crippen LogP contribution is -2.07. The molecule has 1 atom stereocenters. The molecule has 0 spiro atoms. The van der Waals surface area contributed by atoms with Crippen LogP contribution in [-0.4, -0.2) is 11.1 Å². The predicted molar refractivity (Wildman–Crippen MR) is 89.0 cm³/mol. The summed E-state index contributed by atoms with van der Waals surface area (Å²) in [6.07, 6.45) is 0. The van der Waals surface area contributed by atoms with Gasteiger partial charge in [-0.2, -0.15) is 0 Å². The first-order chi connectivity index (χ1) is 9.97. The Kier molecular flexibility index (Phi) is 5.26. The summed E-state index contributed by atoms with van der Waals surface area (Å²) in [5.74, 6) is -1.30. The number of carbonyl (C=O) groups is 1. The molecule has 1 unspecified atom stereocenters. The highest BCUT2D eigenvalue weighted by atomic mass is 79.9. The fourth-order valence-electron chi connectivity index (χ4n) is 1.88. The Hall–Kier alpha value is -1.52. The van der Waals surface area contributed by atoms with Gasteiger partial charge in [-0.15, -0.1) is 0 Å². The number of hydrogen-bond acceptors (Lipinski definition) is 2. The molecule has 0 aromatic heterocycles.